The number of hydrogen-bond acceptors (Lipinski definition) is 3. The number of urea groups is 1. The highest BCUT2D eigenvalue weighted by Crippen LogP contribution is 2.30. The van der Waals surface area contributed by atoms with Crippen molar-refractivity contribution < 1.29 is 18.7 Å². The number of imide groups is 1. The Hall–Kier alpha value is -2.89. The molecule has 2 aromatic rings. The van der Waals surface area contributed by atoms with Gasteiger partial charge in [0.1, 0.15) is 17.1 Å². The molecule has 0 aromatic heterocycles. The molecule has 5 nitrogen and oxygen atoms in total. The number of carbonyl (C=O) groups is 2. The van der Waals surface area contributed by atoms with Crippen LogP contribution in [0.4, 0.5) is 9.18 Å². The molecule has 1 aliphatic rings. The van der Waals surface area contributed by atoms with Crippen LogP contribution in [0.15, 0.2) is 48.5 Å². The lowest BCUT2D eigenvalue weighted by Crippen LogP contribution is -2.40. The second kappa shape index (κ2) is 5.96. The van der Waals surface area contributed by atoms with E-state index in [4.69, 9.17) is 4.74 Å². The fourth-order valence-electron chi connectivity index (χ4n) is 2.78. The molecule has 0 bridgehead atoms. The zero-order chi connectivity index (χ0) is 17.3. The standard InChI is InChI=1S/C18H17FN2O3/c1-18(13-6-8-15(24-2)9-7-13)16(22)21(17(23)20-18)11-12-4-3-5-14(19)10-12/h3-10H,11H2,1-2H3,(H,20,23)/t18-/m0/s1. The van der Waals surface area contributed by atoms with E-state index in [0.717, 1.165) is 4.90 Å². The molecule has 0 unspecified atom stereocenters. The Bertz CT molecular complexity index is 791. The molecule has 0 aliphatic carbocycles. The predicted molar refractivity (Wildman–Crippen MR) is 85.8 cm³/mol. The molecular weight excluding hydrogens is 311 g/mol. The highest BCUT2D eigenvalue weighted by molar-refractivity contribution is 6.07. The molecule has 1 heterocycles. The van der Waals surface area contributed by atoms with Crippen LogP contribution in [0.2, 0.25) is 0 Å². The van der Waals surface area contributed by atoms with Crippen molar-refractivity contribution in [2.45, 2.75) is 19.0 Å². The minimum Gasteiger partial charge on any atom is -0.497 e. The van der Waals surface area contributed by atoms with E-state index in [1.807, 2.05) is 0 Å². The number of carbonyl (C=O) groups excluding carboxylic acids is 2. The Morgan fingerprint density at radius 1 is 1.17 bits per heavy atom. The van der Waals surface area contributed by atoms with Crippen molar-refractivity contribution in [3.63, 3.8) is 0 Å². The van der Waals surface area contributed by atoms with Crippen molar-refractivity contribution in [3.05, 3.63) is 65.5 Å². The Morgan fingerprint density at radius 3 is 2.50 bits per heavy atom. The lowest BCUT2D eigenvalue weighted by atomic mass is 9.92. The van der Waals surface area contributed by atoms with Gasteiger partial charge in [-0.3, -0.25) is 9.69 Å². The third kappa shape index (κ3) is 2.71. The van der Waals surface area contributed by atoms with Gasteiger partial charge in [-0.2, -0.15) is 0 Å². The molecule has 1 aliphatic heterocycles. The minimum absolute atomic E-state index is 0.0220. The Labute approximate surface area is 139 Å². The van der Waals surface area contributed by atoms with Crippen LogP contribution in [0, 0.1) is 5.82 Å². The van der Waals surface area contributed by atoms with Gasteiger partial charge in [-0.1, -0.05) is 24.3 Å². The molecule has 0 radical (unpaired) electrons. The summed E-state index contributed by atoms with van der Waals surface area (Å²) in [5, 5.41) is 2.72. The third-order valence-electron chi connectivity index (χ3n) is 4.17. The highest BCUT2D eigenvalue weighted by atomic mass is 19.1. The first-order chi connectivity index (χ1) is 11.4. The van der Waals surface area contributed by atoms with Gasteiger partial charge in [0.15, 0.2) is 0 Å². The maximum absolute atomic E-state index is 13.3. The molecular formula is C18H17FN2O3. The average molecular weight is 328 g/mol. The number of nitrogens with zero attached hydrogens (tertiary/aromatic N) is 1. The van der Waals surface area contributed by atoms with Crippen molar-refractivity contribution in [2.75, 3.05) is 7.11 Å². The summed E-state index contributed by atoms with van der Waals surface area (Å²) in [6, 6.07) is 12.3. The normalized spacial score (nSPS) is 20.2. The van der Waals surface area contributed by atoms with Gasteiger partial charge >= 0.3 is 6.03 Å². The summed E-state index contributed by atoms with van der Waals surface area (Å²) in [5.74, 6) is -0.116. The molecule has 24 heavy (non-hydrogen) atoms. The van der Waals surface area contributed by atoms with Crippen LogP contribution in [-0.2, 0) is 16.9 Å². The van der Waals surface area contributed by atoms with Gasteiger partial charge in [-0.25, -0.2) is 9.18 Å². The van der Waals surface area contributed by atoms with Crippen molar-refractivity contribution >= 4 is 11.9 Å². The van der Waals surface area contributed by atoms with Gasteiger partial charge in [0.25, 0.3) is 5.91 Å². The van der Waals surface area contributed by atoms with Crippen LogP contribution in [0.3, 0.4) is 0 Å². The van der Waals surface area contributed by atoms with Crippen LogP contribution in [0.1, 0.15) is 18.1 Å². The fraction of sp³-hybridized carbons (Fsp3) is 0.222. The van der Waals surface area contributed by atoms with Gasteiger partial charge in [-0.15, -0.1) is 0 Å². The largest absolute Gasteiger partial charge is 0.497 e. The van der Waals surface area contributed by atoms with Gasteiger partial charge in [0.05, 0.1) is 13.7 Å². The smallest absolute Gasteiger partial charge is 0.325 e. The third-order valence-corrected chi connectivity index (χ3v) is 4.17. The summed E-state index contributed by atoms with van der Waals surface area (Å²) in [6.45, 7) is 1.68. The number of nitrogens with one attached hydrogen (secondary N) is 1. The Kier molecular flexibility index (Phi) is 3.97. The first kappa shape index (κ1) is 16.0. The van der Waals surface area contributed by atoms with Gasteiger partial charge in [0.2, 0.25) is 0 Å². The van der Waals surface area contributed by atoms with Crippen LogP contribution < -0.4 is 10.1 Å². The number of methoxy groups -OCH3 is 1. The van der Waals surface area contributed by atoms with E-state index in [0.29, 0.717) is 16.9 Å². The van der Waals surface area contributed by atoms with Crippen LogP contribution in [0.25, 0.3) is 0 Å². The molecule has 3 rings (SSSR count). The first-order valence-corrected chi connectivity index (χ1v) is 7.47. The van der Waals surface area contributed by atoms with E-state index < -0.39 is 17.4 Å². The Balaban J connectivity index is 1.87. The molecule has 1 saturated heterocycles. The molecule has 0 spiro atoms. The molecule has 1 N–H and O–H groups in total. The topological polar surface area (TPSA) is 58.6 Å². The summed E-state index contributed by atoms with van der Waals surface area (Å²) in [6.07, 6.45) is 0. The second-order valence-electron chi connectivity index (χ2n) is 5.80. The summed E-state index contributed by atoms with van der Waals surface area (Å²) in [5.41, 5.74) is 0.0531. The van der Waals surface area contributed by atoms with Gasteiger partial charge in [0, 0.05) is 0 Å². The fourth-order valence-corrected chi connectivity index (χ4v) is 2.78. The number of hydrogen-bond donors (Lipinski definition) is 1. The first-order valence-electron chi connectivity index (χ1n) is 7.47. The van der Waals surface area contributed by atoms with Crippen LogP contribution >= 0.6 is 0 Å². The van der Waals surface area contributed by atoms with Crippen molar-refractivity contribution in [2.24, 2.45) is 0 Å². The summed E-state index contributed by atoms with van der Waals surface area (Å²) in [7, 11) is 1.56. The van der Waals surface area contributed by atoms with E-state index in [9.17, 15) is 14.0 Å². The summed E-state index contributed by atoms with van der Waals surface area (Å²) < 4.78 is 18.4. The van der Waals surface area contributed by atoms with Gasteiger partial charge in [-0.05, 0) is 42.3 Å². The van der Waals surface area contributed by atoms with E-state index >= 15 is 0 Å². The highest BCUT2D eigenvalue weighted by Gasteiger charge is 2.48. The predicted octanol–water partition coefficient (Wildman–Crippen LogP) is 2.80. The number of rotatable bonds is 4. The maximum Gasteiger partial charge on any atom is 0.325 e. The monoisotopic (exact) mass is 328 g/mol. The number of halogens is 1. The second-order valence-corrected chi connectivity index (χ2v) is 5.80. The van der Waals surface area contributed by atoms with Crippen LogP contribution in [-0.4, -0.2) is 23.9 Å². The molecule has 2 aromatic carbocycles. The minimum atomic E-state index is -1.16. The van der Waals surface area contributed by atoms with Crippen LogP contribution in [0.5, 0.6) is 5.75 Å². The molecule has 1 fully saturated rings. The summed E-state index contributed by atoms with van der Waals surface area (Å²) >= 11 is 0. The zero-order valence-electron chi connectivity index (χ0n) is 13.4. The van der Waals surface area contributed by atoms with Crippen molar-refractivity contribution in [1.29, 1.82) is 0 Å². The molecule has 1 atom stereocenters. The lowest BCUT2D eigenvalue weighted by Gasteiger charge is -2.22. The number of amides is 3. The van der Waals surface area contributed by atoms with E-state index in [1.54, 1.807) is 50.4 Å². The number of benzene rings is 2. The lowest BCUT2D eigenvalue weighted by molar-refractivity contribution is -0.131. The average Bonchev–Trinajstić information content (AvgIpc) is 2.79. The molecule has 0 saturated carbocycles. The van der Waals surface area contributed by atoms with E-state index in [-0.39, 0.29) is 12.5 Å². The van der Waals surface area contributed by atoms with E-state index in [2.05, 4.69) is 5.32 Å². The SMILES string of the molecule is COc1ccc([C@]2(C)NC(=O)N(Cc3cccc(F)c3)C2=O)cc1. The maximum atomic E-state index is 13.3. The van der Waals surface area contributed by atoms with Crippen molar-refractivity contribution in [1.82, 2.24) is 10.2 Å². The quantitative estimate of drug-likeness (QED) is 0.878. The zero-order valence-corrected chi connectivity index (χ0v) is 13.4. The number of ether oxygens (including phenoxy) is 1. The molecule has 6 heteroatoms. The van der Waals surface area contributed by atoms with E-state index in [1.165, 1.54) is 12.1 Å². The summed E-state index contributed by atoms with van der Waals surface area (Å²) in [4.78, 5) is 26.2. The van der Waals surface area contributed by atoms with Crippen molar-refractivity contribution in [3.8, 4) is 5.75 Å². The molecule has 124 valence electrons. The Morgan fingerprint density at radius 2 is 1.88 bits per heavy atom. The molecule has 3 amide bonds. The van der Waals surface area contributed by atoms with Gasteiger partial charge < -0.3 is 10.1 Å².